The van der Waals surface area contributed by atoms with Crippen LogP contribution in [0.3, 0.4) is 0 Å². The molecule has 1 fully saturated rings. The average molecular weight is 158 g/mol. The summed E-state index contributed by atoms with van der Waals surface area (Å²) in [5.74, 6) is 0. The Bertz CT molecular complexity index is 121. The van der Waals surface area contributed by atoms with Gasteiger partial charge < -0.3 is 10.2 Å². The first-order valence-electron chi connectivity index (χ1n) is 4.16. The van der Waals surface area contributed by atoms with Crippen LogP contribution in [0.25, 0.3) is 0 Å². The summed E-state index contributed by atoms with van der Waals surface area (Å²) >= 11 is 0. The number of rotatable bonds is 3. The standard InChI is InChI=1S/C8H18N2O/c1-8(5-4-6-9-8)7-10(2)11-3/h9H,4-7H2,1-3H3. The first-order chi connectivity index (χ1) is 5.16. The molecule has 0 aromatic carbocycles. The number of likely N-dealkylation sites (N-methyl/N-ethyl adjacent to an activating group) is 1. The topological polar surface area (TPSA) is 24.5 Å². The molecule has 0 amide bonds. The molecular weight excluding hydrogens is 140 g/mol. The molecule has 3 heteroatoms. The van der Waals surface area contributed by atoms with Crippen LogP contribution in [0.2, 0.25) is 0 Å². The van der Waals surface area contributed by atoms with Crippen molar-refractivity contribution in [1.29, 1.82) is 0 Å². The molecule has 0 spiro atoms. The first kappa shape index (κ1) is 8.97. The Labute approximate surface area is 68.7 Å². The molecule has 1 aliphatic heterocycles. The maximum absolute atomic E-state index is 5.07. The van der Waals surface area contributed by atoms with E-state index in [0.29, 0.717) is 0 Å². The van der Waals surface area contributed by atoms with Gasteiger partial charge in [-0.25, -0.2) is 0 Å². The van der Waals surface area contributed by atoms with Crippen LogP contribution in [0.1, 0.15) is 19.8 Å². The van der Waals surface area contributed by atoms with Gasteiger partial charge in [0.25, 0.3) is 0 Å². The van der Waals surface area contributed by atoms with Gasteiger partial charge in [-0.3, -0.25) is 0 Å². The summed E-state index contributed by atoms with van der Waals surface area (Å²) in [7, 11) is 3.67. The minimum absolute atomic E-state index is 0.269. The Morgan fingerprint density at radius 2 is 2.36 bits per heavy atom. The Hall–Kier alpha value is -0.120. The second-order valence-electron chi connectivity index (χ2n) is 3.56. The van der Waals surface area contributed by atoms with Crippen LogP contribution in [-0.4, -0.2) is 37.8 Å². The molecule has 11 heavy (non-hydrogen) atoms. The van der Waals surface area contributed by atoms with E-state index >= 15 is 0 Å². The zero-order chi connectivity index (χ0) is 8.32. The number of hydrogen-bond acceptors (Lipinski definition) is 3. The Morgan fingerprint density at radius 3 is 2.82 bits per heavy atom. The van der Waals surface area contributed by atoms with Crippen molar-refractivity contribution in [2.75, 3.05) is 27.2 Å². The van der Waals surface area contributed by atoms with Crippen LogP contribution < -0.4 is 5.32 Å². The number of hydrogen-bond donors (Lipinski definition) is 1. The maximum Gasteiger partial charge on any atom is 0.0575 e. The summed E-state index contributed by atoms with van der Waals surface area (Å²) < 4.78 is 0. The molecule has 1 N–H and O–H groups in total. The van der Waals surface area contributed by atoms with Gasteiger partial charge in [-0.1, -0.05) is 0 Å². The van der Waals surface area contributed by atoms with Crippen molar-refractivity contribution < 1.29 is 4.84 Å². The quantitative estimate of drug-likeness (QED) is 0.609. The van der Waals surface area contributed by atoms with Gasteiger partial charge in [-0.15, -0.1) is 0 Å². The lowest BCUT2D eigenvalue weighted by molar-refractivity contribution is -0.121. The number of nitrogens with one attached hydrogen (secondary N) is 1. The lowest BCUT2D eigenvalue weighted by atomic mass is 10.0. The summed E-state index contributed by atoms with van der Waals surface area (Å²) in [5.41, 5.74) is 0.269. The Kier molecular flexibility index (Phi) is 2.87. The van der Waals surface area contributed by atoms with Gasteiger partial charge in [0.2, 0.25) is 0 Å². The predicted molar refractivity (Wildman–Crippen MR) is 45.3 cm³/mol. The van der Waals surface area contributed by atoms with Gasteiger partial charge in [-0.05, 0) is 26.3 Å². The van der Waals surface area contributed by atoms with Crippen molar-refractivity contribution in [3.8, 4) is 0 Å². The molecule has 0 radical (unpaired) electrons. The zero-order valence-electron chi connectivity index (χ0n) is 7.68. The zero-order valence-corrected chi connectivity index (χ0v) is 7.68. The number of hydroxylamine groups is 2. The highest BCUT2D eigenvalue weighted by Gasteiger charge is 2.29. The highest BCUT2D eigenvalue weighted by molar-refractivity contribution is 4.89. The van der Waals surface area contributed by atoms with Crippen LogP contribution in [0, 0.1) is 0 Å². The van der Waals surface area contributed by atoms with Gasteiger partial charge in [0.15, 0.2) is 0 Å². The van der Waals surface area contributed by atoms with Crippen molar-refractivity contribution >= 4 is 0 Å². The first-order valence-corrected chi connectivity index (χ1v) is 4.16. The van der Waals surface area contributed by atoms with E-state index in [-0.39, 0.29) is 5.54 Å². The highest BCUT2D eigenvalue weighted by Crippen LogP contribution is 2.18. The predicted octanol–water partition coefficient (Wildman–Crippen LogP) is 0.622. The molecule has 1 rings (SSSR count). The lowest BCUT2D eigenvalue weighted by Crippen LogP contribution is -2.45. The van der Waals surface area contributed by atoms with E-state index in [1.165, 1.54) is 12.8 Å². The van der Waals surface area contributed by atoms with Crippen LogP contribution in [0.5, 0.6) is 0 Å². The normalized spacial score (nSPS) is 31.6. The van der Waals surface area contributed by atoms with Crippen LogP contribution in [0.4, 0.5) is 0 Å². The van der Waals surface area contributed by atoms with Crippen LogP contribution in [-0.2, 0) is 4.84 Å². The van der Waals surface area contributed by atoms with Crippen LogP contribution >= 0.6 is 0 Å². The molecule has 0 aromatic rings. The minimum Gasteiger partial charge on any atom is -0.310 e. The summed E-state index contributed by atoms with van der Waals surface area (Å²) in [6.07, 6.45) is 2.54. The van der Waals surface area contributed by atoms with Gasteiger partial charge in [0.05, 0.1) is 7.11 Å². The molecule has 0 aromatic heterocycles. The van der Waals surface area contributed by atoms with Gasteiger partial charge in [0.1, 0.15) is 0 Å². The summed E-state index contributed by atoms with van der Waals surface area (Å²) in [6.45, 7) is 4.35. The molecule has 1 aliphatic rings. The molecule has 0 aliphatic carbocycles. The Balaban J connectivity index is 2.33. The second-order valence-corrected chi connectivity index (χ2v) is 3.56. The second kappa shape index (κ2) is 3.52. The van der Waals surface area contributed by atoms with E-state index in [2.05, 4.69) is 12.2 Å². The third-order valence-corrected chi connectivity index (χ3v) is 2.34. The van der Waals surface area contributed by atoms with E-state index in [9.17, 15) is 0 Å². The largest absolute Gasteiger partial charge is 0.310 e. The molecule has 1 heterocycles. The van der Waals surface area contributed by atoms with E-state index < -0.39 is 0 Å². The third kappa shape index (κ3) is 2.43. The van der Waals surface area contributed by atoms with Crippen LogP contribution in [0.15, 0.2) is 0 Å². The van der Waals surface area contributed by atoms with Gasteiger partial charge in [-0.2, -0.15) is 5.06 Å². The molecule has 0 saturated carbocycles. The average Bonchev–Trinajstić information content (AvgIpc) is 2.36. The van der Waals surface area contributed by atoms with E-state index in [0.717, 1.165) is 13.1 Å². The molecule has 1 unspecified atom stereocenters. The third-order valence-electron chi connectivity index (χ3n) is 2.34. The molecule has 1 saturated heterocycles. The maximum atomic E-state index is 5.07. The lowest BCUT2D eigenvalue weighted by Gasteiger charge is -2.28. The summed E-state index contributed by atoms with van der Waals surface area (Å²) in [5, 5.41) is 5.35. The van der Waals surface area contributed by atoms with Crippen molar-refractivity contribution in [2.24, 2.45) is 0 Å². The fourth-order valence-electron chi connectivity index (χ4n) is 1.65. The van der Waals surface area contributed by atoms with E-state index in [1.807, 2.05) is 12.1 Å². The monoisotopic (exact) mass is 158 g/mol. The fourth-order valence-corrected chi connectivity index (χ4v) is 1.65. The summed E-state index contributed by atoms with van der Waals surface area (Å²) in [4.78, 5) is 5.07. The van der Waals surface area contributed by atoms with Gasteiger partial charge in [0, 0.05) is 19.1 Å². The van der Waals surface area contributed by atoms with E-state index in [1.54, 1.807) is 7.11 Å². The number of nitrogens with zero attached hydrogens (tertiary/aromatic N) is 1. The minimum atomic E-state index is 0.269. The van der Waals surface area contributed by atoms with Crippen molar-refractivity contribution in [1.82, 2.24) is 10.4 Å². The molecule has 3 nitrogen and oxygen atoms in total. The fraction of sp³-hybridized carbons (Fsp3) is 1.00. The molecule has 0 bridgehead atoms. The summed E-state index contributed by atoms with van der Waals surface area (Å²) in [6, 6.07) is 0. The molecule has 1 atom stereocenters. The van der Waals surface area contributed by atoms with Crippen molar-refractivity contribution in [2.45, 2.75) is 25.3 Å². The van der Waals surface area contributed by atoms with Gasteiger partial charge >= 0.3 is 0 Å². The SMILES string of the molecule is CON(C)CC1(C)CCCN1. The van der Waals surface area contributed by atoms with E-state index in [4.69, 9.17) is 4.84 Å². The Morgan fingerprint density at radius 1 is 1.64 bits per heavy atom. The highest BCUT2D eigenvalue weighted by atomic mass is 16.7. The van der Waals surface area contributed by atoms with Crippen molar-refractivity contribution in [3.05, 3.63) is 0 Å². The molecule has 66 valence electrons. The van der Waals surface area contributed by atoms with Crippen molar-refractivity contribution in [3.63, 3.8) is 0 Å². The molecular formula is C8H18N2O. The smallest absolute Gasteiger partial charge is 0.0575 e.